The van der Waals surface area contributed by atoms with E-state index in [1.807, 2.05) is 12.1 Å². The number of carbonyl (C=O) groups excluding carboxylic acids is 2. The van der Waals surface area contributed by atoms with Crippen LogP contribution in [0.3, 0.4) is 0 Å². The molecule has 0 radical (unpaired) electrons. The zero-order chi connectivity index (χ0) is 21.8. The number of carbonyl (C=O) groups is 2. The fraction of sp³-hybridized carbons (Fsp3) is 0.0455. The lowest BCUT2D eigenvalue weighted by Crippen LogP contribution is -2.13. The Hall–Kier alpha value is -2.58. The van der Waals surface area contributed by atoms with E-state index in [0.29, 0.717) is 27.0 Å². The highest BCUT2D eigenvalue weighted by Crippen LogP contribution is 2.31. The molecule has 1 heterocycles. The van der Waals surface area contributed by atoms with Crippen molar-refractivity contribution in [2.24, 2.45) is 0 Å². The predicted octanol–water partition coefficient (Wildman–Crippen LogP) is 6.59. The van der Waals surface area contributed by atoms with Crippen molar-refractivity contribution < 1.29 is 9.59 Å². The Morgan fingerprint density at radius 2 is 1.52 bits per heavy atom. The number of benzene rings is 3. The summed E-state index contributed by atoms with van der Waals surface area (Å²) in [6.45, 7) is 0. The molecule has 2 amide bonds. The van der Waals surface area contributed by atoms with Crippen molar-refractivity contribution in [3.05, 3.63) is 82.3 Å². The molecule has 31 heavy (non-hydrogen) atoms. The van der Waals surface area contributed by atoms with Crippen molar-refractivity contribution in [2.45, 2.75) is 4.34 Å². The maximum atomic E-state index is 12.4. The second kappa shape index (κ2) is 9.70. The molecule has 0 bridgehead atoms. The topological polar surface area (TPSA) is 71.1 Å². The van der Waals surface area contributed by atoms with Gasteiger partial charge in [0.15, 0.2) is 4.34 Å². The summed E-state index contributed by atoms with van der Waals surface area (Å²) in [5.74, 6) is -0.0979. The van der Waals surface area contributed by atoms with Gasteiger partial charge < -0.3 is 10.6 Å². The second-order valence-corrected chi connectivity index (χ2v) is 9.59. The Balaban J connectivity index is 1.38. The first-order valence-electron chi connectivity index (χ1n) is 9.12. The molecule has 3 aromatic carbocycles. The predicted molar refractivity (Wildman–Crippen MR) is 130 cm³/mol. The lowest BCUT2D eigenvalue weighted by molar-refractivity contribution is -0.113. The third-order valence-corrected chi connectivity index (χ3v) is 6.85. The zero-order valence-electron chi connectivity index (χ0n) is 15.9. The van der Waals surface area contributed by atoms with Gasteiger partial charge >= 0.3 is 0 Å². The molecule has 0 aliphatic rings. The minimum Gasteiger partial charge on any atom is -0.325 e. The molecule has 156 valence electrons. The van der Waals surface area contributed by atoms with E-state index < -0.39 is 0 Å². The van der Waals surface area contributed by atoms with Gasteiger partial charge in [-0.25, -0.2) is 4.98 Å². The first kappa shape index (κ1) is 21.6. The molecule has 5 nitrogen and oxygen atoms in total. The molecular formula is C22H15Cl2N3O2S2. The number of amides is 2. The van der Waals surface area contributed by atoms with Crippen molar-refractivity contribution in [1.82, 2.24) is 4.98 Å². The van der Waals surface area contributed by atoms with Gasteiger partial charge in [-0.15, -0.1) is 11.3 Å². The fourth-order valence-corrected chi connectivity index (χ4v) is 4.86. The molecule has 0 aliphatic carbocycles. The van der Waals surface area contributed by atoms with E-state index in [1.165, 1.54) is 23.1 Å². The molecule has 0 unspecified atom stereocenters. The third-order valence-electron chi connectivity index (χ3n) is 4.19. The number of fused-ring (bicyclic) bond motifs is 1. The number of thioether (sulfide) groups is 1. The molecule has 0 aliphatic heterocycles. The number of anilines is 2. The first-order valence-corrected chi connectivity index (χ1v) is 11.7. The van der Waals surface area contributed by atoms with Crippen LogP contribution in [0.2, 0.25) is 10.0 Å². The number of halogens is 2. The fourth-order valence-electron chi connectivity index (χ4n) is 2.71. The van der Waals surface area contributed by atoms with Gasteiger partial charge in [-0.2, -0.15) is 0 Å². The van der Waals surface area contributed by atoms with E-state index >= 15 is 0 Å². The summed E-state index contributed by atoms with van der Waals surface area (Å²) in [7, 11) is 0. The van der Waals surface area contributed by atoms with Gasteiger partial charge in [0.2, 0.25) is 5.91 Å². The van der Waals surface area contributed by atoms with Crippen molar-refractivity contribution in [3.63, 3.8) is 0 Å². The largest absolute Gasteiger partial charge is 0.325 e. The number of aromatic nitrogens is 1. The van der Waals surface area contributed by atoms with Crippen LogP contribution in [0, 0.1) is 0 Å². The quantitative estimate of drug-likeness (QED) is 0.301. The Morgan fingerprint density at radius 3 is 2.23 bits per heavy atom. The van der Waals surface area contributed by atoms with Crippen LogP contribution >= 0.6 is 46.3 Å². The lowest BCUT2D eigenvalue weighted by Gasteiger charge is -2.05. The van der Waals surface area contributed by atoms with E-state index in [9.17, 15) is 9.59 Å². The van der Waals surface area contributed by atoms with Gasteiger partial charge in [-0.05, 0) is 66.7 Å². The molecule has 0 atom stereocenters. The van der Waals surface area contributed by atoms with Crippen LogP contribution < -0.4 is 10.6 Å². The minimum atomic E-state index is -0.214. The van der Waals surface area contributed by atoms with Gasteiger partial charge in [0.25, 0.3) is 5.91 Å². The van der Waals surface area contributed by atoms with Crippen molar-refractivity contribution in [3.8, 4) is 0 Å². The Kier molecular flexibility index (Phi) is 6.77. The third kappa shape index (κ3) is 5.77. The monoisotopic (exact) mass is 487 g/mol. The smallest absolute Gasteiger partial charge is 0.255 e. The summed E-state index contributed by atoms with van der Waals surface area (Å²) in [5.41, 5.74) is 2.71. The van der Waals surface area contributed by atoms with Crippen LogP contribution in [0.15, 0.2) is 71.1 Å². The number of rotatable bonds is 6. The normalized spacial score (nSPS) is 10.8. The first-order chi connectivity index (χ1) is 15.0. The van der Waals surface area contributed by atoms with Crippen LogP contribution in [-0.2, 0) is 4.79 Å². The highest BCUT2D eigenvalue weighted by atomic mass is 35.5. The average Bonchev–Trinajstić information content (AvgIpc) is 3.16. The van der Waals surface area contributed by atoms with E-state index in [4.69, 9.17) is 23.2 Å². The summed E-state index contributed by atoms with van der Waals surface area (Å²) < 4.78 is 1.71. The molecule has 4 rings (SSSR count). The SMILES string of the molecule is O=C(CSc1nc2ccc(NC(=O)c3ccc(Cl)cc3)cc2s1)Nc1ccc(Cl)cc1. The maximum absolute atomic E-state index is 12.4. The number of hydrogen-bond donors (Lipinski definition) is 2. The van der Waals surface area contributed by atoms with Crippen molar-refractivity contribution in [2.75, 3.05) is 16.4 Å². The number of hydrogen-bond acceptors (Lipinski definition) is 5. The standard InChI is InChI=1S/C22H15Cl2N3O2S2/c23-14-3-1-13(2-4-14)21(29)26-17-9-10-18-19(11-17)31-22(27-18)30-12-20(28)25-16-7-5-15(24)6-8-16/h1-11H,12H2,(H,25,28)(H,26,29). The van der Waals surface area contributed by atoms with E-state index in [2.05, 4.69) is 15.6 Å². The second-order valence-electron chi connectivity index (χ2n) is 6.47. The van der Waals surface area contributed by atoms with Crippen LogP contribution in [-0.4, -0.2) is 22.6 Å². The van der Waals surface area contributed by atoms with Gasteiger partial charge in [0.1, 0.15) is 0 Å². The maximum Gasteiger partial charge on any atom is 0.255 e. The number of thiazole rings is 1. The highest BCUT2D eigenvalue weighted by molar-refractivity contribution is 8.01. The van der Waals surface area contributed by atoms with Gasteiger partial charge in [-0.1, -0.05) is 35.0 Å². The zero-order valence-corrected chi connectivity index (χ0v) is 19.0. The Morgan fingerprint density at radius 1 is 0.871 bits per heavy atom. The molecule has 1 aromatic heterocycles. The molecule has 2 N–H and O–H groups in total. The number of nitrogens with zero attached hydrogens (tertiary/aromatic N) is 1. The highest BCUT2D eigenvalue weighted by Gasteiger charge is 2.11. The van der Waals surface area contributed by atoms with Gasteiger partial charge in [-0.3, -0.25) is 9.59 Å². The molecular weight excluding hydrogens is 473 g/mol. The van der Waals surface area contributed by atoms with Crippen LogP contribution in [0.5, 0.6) is 0 Å². The van der Waals surface area contributed by atoms with E-state index in [0.717, 1.165) is 14.6 Å². The van der Waals surface area contributed by atoms with Gasteiger partial charge in [0, 0.05) is 27.0 Å². The molecule has 0 saturated carbocycles. The Bertz CT molecular complexity index is 1240. The van der Waals surface area contributed by atoms with Crippen molar-refractivity contribution in [1.29, 1.82) is 0 Å². The summed E-state index contributed by atoms with van der Waals surface area (Å²) in [5, 5.41) is 6.90. The number of nitrogens with one attached hydrogen (secondary N) is 2. The lowest BCUT2D eigenvalue weighted by atomic mass is 10.2. The van der Waals surface area contributed by atoms with Crippen molar-refractivity contribution >= 4 is 79.7 Å². The van der Waals surface area contributed by atoms with Crippen LogP contribution in [0.1, 0.15) is 10.4 Å². The Labute approximate surface area is 196 Å². The van der Waals surface area contributed by atoms with Crippen LogP contribution in [0.25, 0.3) is 10.2 Å². The van der Waals surface area contributed by atoms with E-state index in [-0.39, 0.29) is 17.6 Å². The molecule has 9 heteroatoms. The summed E-state index contributed by atoms with van der Waals surface area (Å²) >= 11 is 14.6. The molecule has 0 spiro atoms. The van der Waals surface area contributed by atoms with Gasteiger partial charge in [0.05, 0.1) is 16.0 Å². The summed E-state index contributed by atoms with van der Waals surface area (Å²) in [6, 6.07) is 19.2. The van der Waals surface area contributed by atoms with Crippen LogP contribution in [0.4, 0.5) is 11.4 Å². The summed E-state index contributed by atoms with van der Waals surface area (Å²) in [4.78, 5) is 29.1. The summed E-state index contributed by atoms with van der Waals surface area (Å²) in [6.07, 6.45) is 0. The minimum absolute atomic E-state index is 0.123. The average molecular weight is 488 g/mol. The van der Waals surface area contributed by atoms with E-state index in [1.54, 1.807) is 54.6 Å². The molecule has 0 saturated heterocycles. The molecule has 4 aromatic rings. The molecule has 0 fully saturated rings.